The maximum atomic E-state index is 12.8. The number of alkyl halides is 3. The van der Waals surface area contributed by atoms with Gasteiger partial charge >= 0.3 is 12.1 Å². The number of carboxylic acids is 1. The molecule has 280 valence electrons. The smallest absolute Gasteiger partial charge is 0.416 e. The van der Waals surface area contributed by atoms with Crippen molar-refractivity contribution >= 4 is 5.97 Å². The molecule has 1 aromatic heterocycles. The fraction of sp³-hybridized carbons (Fsp3) is 0.610. The molecule has 1 aliphatic carbocycles. The Morgan fingerprint density at radius 2 is 1.54 bits per heavy atom. The SMILES string of the molecule is CC.CCCCC(C(=O)O)C(C)C.CCn1nc(Cc2ccc(C(F)(F)F)cc2)cc1C1CCN(CC2CCCC2)CC1.Fc1ccccc1. The van der Waals surface area contributed by atoms with Crippen LogP contribution in [0.1, 0.15) is 128 Å². The third-order valence-electron chi connectivity index (χ3n) is 9.55. The van der Waals surface area contributed by atoms with Crippen molar-refractivity contribution in [3.8, 4) is 0 Å². The highest BCUT2D eigenvalue weighted by atomic mass is 19.4. The first-order valence-electron chi connectivity index (χ1n) is 18.8. The van der Waals surface area contributed by atoms with Crippen molar-refractivity contribution in [1.82, 2.24) is 14.7 Å². The lowest BCUT2D eigenvalue weighted by Crippen LogP contribution is -2.36. The molecular weight excluding hydrogens is 642 g/mol. The Hall–Kier alpha value is -3.20. The van der Waals surface area contributed by atoms with E-state index in [4.69, 9.17) is 10.2 Å². The van der Waals surface area contributed by atoms with Crippen LogP contribution in [0.25, 0.3) is 0 Å². The standard InChI is InChI=1S/C24H32F3N3.C9H18O2.C6H5F.C2H6/c1-2-30-23(20-11-13-29(14-12-20)17-19-5-3-4-6-19)16-22(28-30)15-18-7-9-21(10-8-18)24(25,26)27;1-4-5-6-8(7(2)3)9(10)11;7-6-4-2-1-3-5-6;1-2/h7-10,16,19-20H,2-6,11-15,17H2,1H3;7-8H,4-6H2,1-3H3,(H,10,11);1-5H;1-2H3. The Labute approximate surface area is 298 Å². The highest BCUT2D eigenvalue weighted by Gasteiger charge is 2.30. The predicted molar refractivity (Wildman–Crippen MR) is 196 cm³/mol. The summed E-state index contributed by atoms with van der Waals surface area (Å²) in [6.45, 7) is 16.5. The minimum absolute atomic E-state index is 0.144. The summed E-state index contributed by atoms with van der Waals surface area (Å²) in [5.41, 5.74) is 2.50. The Morgan fingerprint density at radius 3 is 2.00 bits per heavy atom. The van der Waals surface area contributed by atoms with E-state index in [0.717, 1.165) is 81.0 Å². The number of unbranched alkanes of at least 4 members (excludes halogenated alkanes) is 1. The summed E-state index contributed by atoms with van der Waals surface area (Å²) >= 11 is 0. The maximum Gasteiger partial charge on any atom is 0.416 e. The molecule has 0 spiro atoms. The van der Waals surface area contributed by atoms with Gasteiger partial charge in [0, 0.05) is 31.1 Å². The van der Waals surface area contributed by atoms with Crippen LogP contribution in [-0.4, -0.2) is 45.4 Å². The normalized spacial score (nSPS) is 16.1. The fourth-order valence-corrected chi connectivity index (χ4v) is 6.73. The van der Waals surface area contributed by atoms with Gasteiger partial charge < -0.3 is 10.0 Å². The summed E-state index contributed by atoms with van der Waals surface area (Å²) in [6, 6.07) is 15.6. The molecule has 1 saturated heterocycles. The average molecular weight is 704 g/mol. The number of likely N-dealkylation sites (tertiary alicyclic amines) is 1. The van der Waals surface area contributed by atoms with Crippen LogP contribution in [0.15, 0.2) is 60.7 Å². The minimum Gasteiger partial charge on any atom is -0.481 e. The molecule has 1 aliphatic heterocycles. The van der Waals surface area contributed by atoms with E-state index in [0.29, 0.717) is 12.3 Å². The Kier molecular flexibility index (Phi) is 19.4. The van der Waals surface area contributed by atoms with Crippen molar-refractivity contribution in [3.05, 3.63) is 89.0 Å². The molecule has 1 unspecified atom stereocenters. The van der Waals surface area contributed by atoms with E-state index in [1.54, 1.807) is 30.3 Å². The lowest BCUT2D eigenvalue weighted by Gasteiger charge is -2.33. The number of rotatable bonds is 11. The molecule has 5 nitrogen and oxygen atoms in total. The third kappa shape index (κ3) is 15.0. The Balaban J connectivity index is 0.000000355. The Morgan fingerprint density at radius 1 is 0.940 bits per heavy atom. The van der Waals surface area contributed by atoms with E-state index >= 15 is 0 Å². The van der Waals surface area contributed by atoms with Crippen molar-refractivity contribution in [3.63, 3.8) is 0 Å². The molecule has 3 aromatic rings. The highest BCUT2D eigenvalue weighted by Crippen LogP contribution is 2.33. The number of hydrogen-bond donors (Lipinski definition) is 1. The van der Waals surface area contributed by atoms with Crippen molar-refractivity contribution in [1.29, 1.82) is 0 Å². The van der Waals surface area contributed by atoms with E-state index in [2.05, 4.69) is 29.5 Å². The first-order valence-corrected chi connectivity index (χ1v) is 18.8. The van der Waals surface area contributed by atoms with Crippen molar-refractivity contribution in [2.45, 2.75) is 124 Å². The van der Waals surface area contributed by atoms with Crippen molar-refractivity contribution < 1.29 is 27.5 Å². The molecule has 0 amide bonds. The zero-order valence-electron chi connectivity index (χ0n) is 31.2. The summed E-state index contributed by atoms with van der Waals surface area (Å²) in [5, 5.41) is 13.5. The van der Waals surface area contributed by atoms with Gasteiger partial charge in [-0.05, 0) is 99.8 Å². The summed E-state index contributed by atoms with van der Waals surface area (Å²) in [5.74, 6) is 0.724. The van der Waals surface area contributed by atoms with Crippen LogP contribution in [0.2, 0.25) is 0 Å². The van der Waals surface area contributed by atoms with Crippen LogP contribution in [-0.2, 0) is 23.9 Å². The molecule has 2 aromatic carbocycles. The van der Waals surface area contributed by atoms with Gasteiger partial charge in [0.2, 0.25) is 0 Å². The number of aryl methyl sites for hydroxylation is 1. The number of halogens is 4. The van der Waals surface area contributed by atoms with Gasteiger partial charge in [-0.3, -0.25) is 9.48 Å². The molecule has 0 bridgehead atoms. The van der Waals surface area contributed by atoms with Crippen LogP contribution in [0, 0.1) is 23.6 Å². The van der Waals surface area contributed by atoms with Crippen molar-refractivity contribution in [2.24, 2.45) is 17.8 Å². The van der Waals surface area contributed by atoms with Gasteiger partial charge in [-0.1, -0.05) is 90.6 Å². The summed E-state index contributed by atoms with van der Waals surface area (Å²) in [4.78, 5) is 13.3. The average Bonchev–Trinajstić information content (AvgIpc) is 3.77. The number of benzene rings is 2. The molecule has 0 radical (unpaired) electrons. The van der Waals surface area contributed by atoms with E-state index in [-0.39, 0.29) is 17.7 Å². The monoisotopic (exact) mass is 703 g/mol. The zero-order valence-corrected chi connectivity index (χ0v) is 31.2. The van der Waals surface area contributed by atoms with Crippen LogP contribution in [0.4, 0.5) is 17.6 Å². The summed E-state index contributed by atoms with van der Waals surface area (Å²) < 4.78 is 52.3. The van der Waals surface area contributed by atoms with Gasteiger partial charge in [-0.15, -0.1) is 0 Å². The van der Waals surface area contributed by atoms with Crippen LogP contribution in [0.3, 0.4) is 0 Å². The fourth-order valence-electron chi connectivity index (χ4n) is 6.73. The van der Waals surface area contributed by atoms with E-state index in [9.17, 15) is 22.4 Å². The molecule has 9 heteroatoms. The Bertz CT molecular complexity index is 1330. The van der Waals surface area contributed by atoms with Crippen LogP contribution < -0.4 is 0 Å². The lowest BCUT2D eigenvalue weighted by molar-refractivity contribution is -0.143. The lowest BCUT2D eigenvalue weighted by atomic mass is 9.91. The molecule has 2 heterocycles. The van der Waals surface area contributed by atoms with Gasteiger partial charge in [0.15, 0.2) is 0 Å². The van der Waals surface area contributed by atoms with Gasteiger partial charge in [0.1, 0.15) is 5.82 Å². The number of aromatic nitrogens is 2. The topological polar surface area (TPSA) is 58.4 Å². The predicted octanol–water partition coefficient (Wildman–Crippen LogP) is 11.3. The maximum absolute atomic E-state index is 12.8. The first kappa shape index (κ1) is 43.0. The van der Waals surface area contributed by atoms with Gasteiger partial charge in [-0.25, -0.2) is 4.39 Å². The van der Waals surface area contributed by atoms with E-state index < -0.39 is 17.7 Å². The number of nitrogens with zero attached hydrogens (tertiary/aromatic N) is 3. The zero-order chi connectivity index (χ0) is 37.1. The number of piperidine rings is 1. The van der Waals surface area contributed by atoms with Gasteiger partial charge in [-0.2, -0.15) is 18.3 Å². The first-order chi connectivity index (χ1) is 23.9. The second-order valence-electron chi connectivity index (χ2n) is 13.6. The van der Waals surface area contributed by atoms with Crippen molar-refractivity contribution in [2.75, 3.05) is 19.6 Å². The number of carboxylic acid groups (broad SMARTS) is 1. The molecule has 1 atom stereocenters. The van der Waals surface area contributed by atoms with E-state index in [1.807, 2.05) is 27.7 Å². The molecular formula is C41H61F4N3O2. The number of hydrogen-bond acceptors (Lipinski definition) is 3. The molecule has 1 N–H and O–H groups in total. The number of carbonyl (C=O) groups is 1. The van der Waals surface area contributed by atoms with Crippen LogP contribution >= 0.6 is 0 Å². The second kappa shape index (κ2) is 22.6. The minimum atomic E-state index is -4.29. The second-order valence-corrected chi connectivity index (χ2v) is 13.6. The van der Waals surface area contributed by atoms with E-state index in [1.165, 1.54) is 50.1 Å². The molecule has 2 aliphatic rings. The number of aliphatic carboxylic acids is 1. The molecule has 1 saturated carbocycles. The summed E-state index contributed by atoms with van der Waals surface area (Å²) in [6.07, 6.45) is 7.13. The quantitative estimate of drug-likeness (QED) is 0.202. The summed E-state index contributed by atoms with van der Waals surface area (Å²) in [7, 11) is 0. The van der Waals surface area contributed by atoms with Crippen LogP contribution in [0.5, 0.6) is 0 Å². The highest BCUT2D eigenvalue weighted by molar-refractivity contribution is 5.70. The molecule has 5 rings (SSSR count). The van der Waals surface area contributed by atoms with Gasteiger partial charge in [0.05, 0.1) is 17.2 Å². The third-order valence-corrected chi connectivity index (χ3v) is 9.55. The molecule has 50 heavy (non-hydrogen) atoms. The largest absolute Gasteiger partial charge is 0.481 e. The van der Waals surface area contributed by atoms with Gasteiger partial charge in [0.25, 0.3) is 0 Å². The molecule has 2 fully saturated rings.